The Hall–Kier alpha value is -2.19. The van der Waals surface area contributed by atoms with Crippen LogP contribution in [0.2, 0.25) is 0 Å². The van der Waals surface area contributed by atoms with Crippen LogP contribution in [-0.2, 0) is 23.5 Å². The number of nitrogens with two attached hydrogens (primary N) is 1. The number of amides is 1. The fourth-order valence-corrected chi connectivity index (χ4v) is 3.05. The van der Waals surface area contributed by atoms with Gasteiger partial charge in [0.2, 0.25) is 10.0 Å². The molecule has 1 aromatic heterocycles. The maximum atomic E-state index is 12.5. The molecule has 2 N–H and O–H groups in total. The van der Waals surface area contributed by atoms with Crippen LogP contribution in [0.15, 0.2) is 35.4 Å². The third-order valence-corrected chi connectivity index (χ3v) is 4.47. The van der Waals surface area contributed by atoms with Crippen LogP contribution in [-0.4, -0.2) is 30.7 Å². The molecule has 3 rings (SSSR count). The fraction of sp³-hybridized carbons (Fsp3) is 0.231. The van der Waals surface area contributed by atoms with Gasteiger partial charge in [0.05, 0.1) is 4.90 Å². The van der Waals surface area contributed by atoms with Gasteiger partial charge >= 0.3 is 0 Å². The van der Waals surface area contributed by atoms with Gasteiger partial charge in [0.25, 0.3) is 5.91 Å². The molecule has 110 valence electrons. The second kappa shape index (κ2) is 4.68. The van der Waals surface area contributed by atoms with Crippen molar-refractivity contribution >= 4 is 21.6 Å². The number of aryl methyl sites for hydroxylation is 1. The summed E-state index contributed by atoms with van der Waals surface area (Å²) < 4.78 is 24.2. The zero-order valence-corrected chi connectivity index (χ0v) is 12.2. The van der Waals surface area contributed by atoms with Crippen LogP contribution in [0, 0.1) is 0 Å². The lowest BCUT2D eigenvalue weighted by Gasteiger charge is -2.17. The topological polar surface area (TPSA) is 98.3 Å². The number of aromatic nitrogens is 2. The minimum absolute atomic E-state index is 0.0658. The average molecular weight is 306 g/mol. The zero-order valence-electron chi connectivity index (χ0n) is 11.4. The molecule has 1 aromatic carbocycles. The number of benzene rings is 1. The van der Waals surface area contributed by atoms with E-state index in [0.29, 0.717) is 24.3 Å². The molecule has 21 heavy (non-hydrogen) atoms. The molecule has 0 atom stereocenters. The van der Waals surface area contributed by atoms with E-state index in [1.807, 2.05) is 0 Å². The van der Waals surface area contributed by atoms with Gasteiger partial charge in [0.15, 0.2) is 0 Å². The SMILES string of the molecule is Cn1nccc1C(=O)N1CCc2cc(S(N)(=O)=O)ccc21. The monoisotopic (exact) mass is 306 g/mol. The highest BCUT2D eigenvalue weighted by molar-refractivity contribution is 7.89. The fourth-order valence-electron chi connectivity index (χ4n) is 2.49. The molecular formula is C13H14N4O3S. The first-order valence-corrected chi connectivity index (χ1v) is 7.88. The highest BCUT2D eigenvalue weighted by atomic mass is 32.2. The number of hydrogen-bond acceptors (Lipinski definition) is 4. The summed E-state index contributed by atoms with van der Waals surface area (Å²) in [5.41, 5.74) is 2.00. The predicted octanol–water partition coefficient (Wildman–Crippen LogP) is 0.270. The van der Waals surface area contributed by atoms with Crippen LogP contribution in [0.3, 0.4) is 0 Å². The third kappa shape index (κ3) is 2.32. The van der Waals surface area contributed by atoms with Gasteiger partial charge in [0, 0.05) is 25.5 Å². The van der Waals surface area contributed by atoms with Crippen molar-refractivity contribution in [2.24, 2.45) is 12.2 Å². The van der Waals surface area contributed by atoms with Crippen LogP contribution >= 0.6 is 0 Å². The first kappa shape index (κ1) is 13.8. The first-order chi connectivity index (χ1) is 9.88. The molecule has 1 aliphatic heterocycles. The van der Waals surface area contributed by atoms with Crippen molar-refractivity contribution in [1.29, 1.82) is 0 Å². The van der Waals surface area contributed by atoms with Gasteiger partial charge in [-0.05, 0) is 36.2 Å². The molecule has 1 amide bonds. The minimum atomic E-state index is -3.73. The molecule has 0 saturated carbocycles. The Balaban J connectivity index is 1.98. The molecule has 0 spiro atoms. The predicted molar refractivity (Wildman–Crippen MR) is 76.4 cm³/mol. The molecule has 1 aliphatic rings. The Bertz CT molecular complexity index is 826. The number of anilines is 1. The Kier molecular flexibility index (Phi) is 3.07. The molecule has 2 aromatic rings. The molecule has 2 heterocycles. The molecule has 0 unspecified atom stereocenters. The van der Waals surface area contributed by atoms with Crippen molar-refractivity contribution in [3.05, 3.63) is 41.7 Å². The van der Waals surface area contributed by atoms with E-state index in [2.05, 4.69) is 5.10 Å². The van der Waals surface area contributed by atoms with Crippen molar-refractivity contribution in [3.63, 3.8) is 0 Å². The molecule has 0 aliphatic carbocycles. The Morgan fingerprint density at radius 3 is 2.71 bits per heavy atom. The van der Waals surface area contributed by atoms with Crippen LogP contribution in [0.1, 0.15) is 16.1 Å². The standard InChI is InChI=1S/C13H14N4O3S/c1-16-12(4-6-15-16)13(18)17-7-5-9-8-10(21(14,19)20)2-3-11(9)17/h2-4,6,8H,5,7H2,1H3,(H2,14,19,20). The summed E-state index contributed by atoms with van der Waals surface area (Å²) in [6.45, 7) is 0.507. The van der Waals surface area contributed by atoms with Gasteiger partial charge in [-0.3, -0.25) is 9.48 Å². The van der Waals surface area contributed by atoms with E-state index in [-0.39, 0.29) is 10.8 Å². The van der Waals surface area contributed by atoms with Crippen LogP contribution < -0.4 is 10.0 Å². The van der Waals surface area contributed by atoms with Crippen molar-refractivity contribution < 1.29 is 13.2 Å². The zero-order chi connectivity index (χ0) is 15.2. The lowest BCUT2D eigenvalue weighted by atomic mass is 10.2. The highest BCUT2D eigenvalue weighted by Crippen LogP contribution is 2.31. The molecule has 8 heteroatoms. The van der Waals surface area contributed by atoms with Gasteiger partial charge in [0.1, 0.15) is 5.69 Å². The van der Waals surface area contributed by atoms with E-state index in [9.17, 15) is 13.2 Å². The number of sulfonamides is 1. The summed E-state index contributed by atoms with van der Waals surface area (Å²) in [7, 11) is -2.03. The molecular weight excluding hydrogens is 292 g/mol. The van der Waals surface area contributed by atoms with Gasteiger partial charge in [-0.1, -0.05) is 0 Å². The summed E-state index contributed by atoms with van der Waals surface area (Å²) >= 11 is 0. The van der Waals surface area contributed by atoms with E-state index in [1.165, 1.54) is 16.8 Å². The number of carbonyl (C=O) groups excluding carboxylic acids is 1. The third-order valence-electron chi connectivity index (χ3n) is 3.56. The smallest absolute Gasteiger partial charge is 0.276 e. The second-order valence-electron chi connectivity index (χ2n) is 4.88. The van der Waals surface area contributed by atoms with E-state index >= 15 is 0 Å². The number of carbonyl (C=O) groups is 1. The van der Waals surface area contributed by atoms with E-state index < -0.39 is 10.0 Å². The number of fused-ring (bicyclic) bond motifs is 1. The highest BCUT2D eigenvalue weighted by Gasteiger charge is 2.28. The maximum absolute atomic E-state index is 12.5. The lowest BCUT2D eigenvalue weighted by molar-refractivity contribution is 0.0980. The van der Waals surface area contributed by atoms with E-state index in [4.69, 9.17) is 5.14 Å². The van der Waals surface area contributed by atoms with Gasteiger partial charge in [-0.25, -0.2) is 13.6 Å². The second-order valence-corrected chi connectivity index (χ2v) is 6.44. The first-order valence-electron chi connectivity index (χ1n) is 6.33. The van der Waals surface area contributed by atoms with Crippen molar-refractivity contribution in [1.82, 2.24) is 9.78 Å². The van der Waals surface area contributed by atoms with Crippen LogP contribution in [0.25, 0.3) is 0 Å². The van der Waals surface area contributed by atoms with E-state index in [0.717, 1.165) is 5.56 Å². The molecule has 0 saturated heterocycles. The van der Waals surface area contributed by atoms with Gasteiger partial charge < -0.3 is 4.90 Å². The minimum Gasteiger partial charge on any atom is -0.306 e. The van der Waals surface area contributed by atoms with E-state index in [1.54, 1.807) is 30.3 Å². The van der Waals surface area contributed by atoms with Gasteiger partial charge in [-0.15, -0.1) is 0 Å². The average Bonchev–Trinajstić information content (AvgIpc) is 3.02. The summed E-state index contributed by atoms with van der Waals surface area (Å²) in [4.78, 5) is 14.2. The summed E-state index contributed by atoms with van der Waals surface area (Å²) in [6.07, 6.45) is 2.16. The summed E-state index contributed by atoms with van der Waals surface area (Å²) in [5, 5.41) is 9.11. The molecule has 0 bridgehead atoms. The summed E-state index contributed by atoms with van der Waals surface area (Å²) in [6, 6.07) is 6.22. The van der Waals surface area contributed by atoms with Crippen LogP contribution in [0.5, 0.6) is 0 Å². The Labute approximate surface area is 122 Å². The number of nitrogens with zero attached hydrogens (tertiary/aromatic N) is 3. The quantitative estimate of drug-likeness (QED) is 0.861. The van der Waals surface area contributed by atoms with Crippen molar-refractivity contribution in [3.8, 4) is 0 Å². The summed E-state index contributed by atoms with van der Waals surface area (Å²) in [5.74, 6) is -0.155. The molecule has 0 radical (unpaired) electrons. The largest absolute Gasteiger partial charge is 0.306 e. The maximum Gasteiger partial charge on any atom is 0.276 e. The van der Waals surface area contributed by atoms with Gasteiger partial charge in [-0.2, -0.15) is 5.10 Å². The van der Waals surface area contributed by atoms with Crippen molar-refractivity contribution in [2.75, 3.05) is 11.4 Å². The Morgan fingerprint density at radius 2 is 2.10 bits per heavy atom. The number of hydrogen-bond donors (Lipinski definition) is 1. The van der Waals surface area contributed by atoms with Crippen LogP contribution in [0.4, 0.5) is 5.69 Å². The molecule has 0 fully saturated rings. The number of rotatable bonds is 2. The lowest BCUT2D eigenvalue weighted by Crippen LogP contribution is -2.30. The normalized spacial score (nSPS) is 14.3. The number of primary sulfonamides is 1. The Morgan fingerprint density at radius 1 is 1.33 bits per heavy atom. The van der Waals surface area contributed by atoms with Crippen molar-refractivity contribution in [2.45, 2.75) is 11.3 Å². The molecule has 7 nitrogen and oxygen atoms in total.